The number of rotatable bonds is 8. The third-order valence-corrected chi connectivity index (χ3v) is 4.51. The van der Waals surface area contributed by atoms with Crippen LogP contribution in [-0.2, 0) is 11.2 Å². The first-order valence-corrected chi connectivity index (χ1v) is 8.66. The molecule has 4 heteroatoms. The van der Waals surface area contributed by atoms with Gasteiger partial charge in [0.1, 0.15) is 12.4 Å². The fourth-order valence-electron chi connectivity index (χ4n) is 3.01. The first kappa shape index (κ1) is 17.9. The van der Waals surface area contributed by atoms with Gasteiger partial charge in [-0.15, -0.1) is 0 Å². The van der Waals surface area contributed by atoms with Crippen LogP contribution in [0.25, 0.3) is 0 Å². The summed E-state index contributed by atoms with van der Waals surface area (Å²) in [5.41, 5.74) is 3.84. The van der Waals surface area contributed by atoms with E-state index in [1.807, 2.05) is 12.1 Å². The Kier molecular flexibility index (Phi) is 6.52. The van der Waals surface area contributed by atoms with E-state index in [4.69, 9.17) is 21.4 Å². The molecule has 1 N–H and O–H groups in total. The molecule has 0 spiro atoms. The van der Waals surface area contributed by atoms with Crippen molar-refractivity contribution in [2.24, 2.45) is 5.92 Å². The fourth-order valence-corrected chi connectivity index (χ4v) is 3.28. The Hall–Kier alpha value is -1.48. The van der Waals surface area contributed by atoms with Gasteiger partial charge in [-0.25, -0.2) is 0 Å². The van der Waals surface area contributed by atoms with Crippen LogP contribution in [0.4, 0.5) is 0 Å². The van der Waals surface area contributed by atoms with Crippen LogP contribution in [0.1, 0.15) is 51.5 Å². The zero-order valence-corrected chi connectivity index (χ0v) is 14.7. The molecule has 0 radical (unpaired) electrons. The monoisotopic (exact) mass is 336 g/mol. The summed E-state index contributed by atoms with van der Waals surface area (Å²) in [4.78, 5) is 10.6. The molecule has 0 aromatic heterocycles. The summed E-state index contributed by atoms with van der Waals surface area (Å²) in [6.07, 6.45) is 5.25. The van der Waals surface area contributed by atoms with E-state index in [9.17, 15) is 4.79 Å². The topological polar surface area (TPSA) is 46.5 Å². The summed E-state index contributed by atoms with van der Waals surface area (Å²) < 4.78 is 5.90. The lowest BCUT2D eigenvalue weighted by Crippen LogP contribution is -2.03. The van der Waals surface area contributed by atoms with Gasteiger partial charge < -0.3 is 9.84 Å². The summed E-state index contributed by atoms with van der Waals surface area (Å²) in [6, 6.07) is 5.52. The van der Waals surface area contributed by atoms with Crippen LogP contribution >= 0.6 is 11.6 Å². The van der Waals surface area contributed by atoms with E-state index in [0.29, 0.717) is 24.0 Å². The summed E-state index contributed by atoms with van der Waals surface area (Å²) in [6.45, 7) is 5.13. The van der Waals surface area contributed by atoms with Crippen molar-refractivity contribution < 1.29 is 14.6 Å². The minimum absolute atomic E-state index is 0.0887. The van der Waals surface area contributed by atoms with Crippen LogP contribution in [-0.4, -0.2) is 17.7 Å². The van der Waals surface area contributed by atoms with Crippen LogP contribution in [0.5, 0.6) is 5.75 Å². The highest BCUT2D eigenvalue weighted by Gasteiger charge is 2.16. The van der Waals surface area contributed by atoms with Gasteiger partial charge in [-0.1, -0.05) is 37.1 Å². The lowest BCUT2D eigenvalue weighted by atomic mass is 10.0. The molecule has 0 saturated carbocycles. The Balaban J connectivity index is 1.95. The SMILES string of the molecule is CC(C)CC1=C(COc2ccc(CCC(=O)O)c(Cl)c2)CCC1. The van der Waals surface area contributed by atoms with Gasteiger partial charge in [-0.05, 0) is 61.3 Å². The quantitative estimate of drug-likeness (QED) is 0.658. The van der Waals surface area contributed by atoms with E-state index in [-0.39, 0.29) is 6.42 Å². The van der Waals surface area contributed by atoms with E-state index in [0.717, 1.165) is 24.2 Å². The van der Waals surface area contributed by atoms with Crippen LogP contribution in [0.3, 0.4) is 0 Å². The number of hydrogen-bond donors (Lipinski definition) is 1. The average Bonchev–Trinajstić information content (AvgIpc) is 2.90. The molecule has 3 nitrogen and oxygen atoms in total. The maximum Gasteiger partial charge on any atom is 0.303 e. The molecular weight excluding hydrogens is 312 g/mol. The second-order valence-corrected chi connectivity index (χ2v) is 7.00. The zero-order valence-electron chi connectivity index (χ0n) is 13.9. The van der Waals surface area contributed by atoms with Crippen molar-refractivity contribution in [3.63, 3.8) is 0 Å². The number of carboxylic acid groups (broad SMARTS) is 1. The molecule has 0 bridgehead atoms. The first-order chi connectivity index (χ1) is 11.0. The second kappa shape index (κ2) is 8.39. The molecule has 2 rings (SSSR count). The number of hydrogen-bond acceptors (Lipinski definition) is 2. The molecule has 1 aliphatic carbocycles. The van der Waals surface area contributed by atoms with E-state index in [1.54, 1.807) is 11.6 Å². The smallest absolute Gasteiger partial charge is 0.303 e. The van der Waals surface area contributed by atoms with Gasteiger partial charge in [0.15, 0.2) is 0 Å². The largest absolute Gasteiger partial charge is 0.489 e. The van der Waals surface area contributed by atoms with Gasteiger partial charge in [0.25, 0.3) is 0 Å². The molecule has 1 aromatic carbocycles. The van der Waals surface area contributed by atoms with Crippen molar-refractivity contribution in [1.82, 2.24) is 0 Å². The number of benzene rings is 1. The fraction of sp³-hybridized carbons (Fsp3) is 0.526. The highest BCUT2D eigenvalue weighted by molar-refractivity contribution is 6.31. The molecule has 0 saturated heterocycles. The lowest BCUT2D eigenvalue weighted by molar-refractivity contribution is -0.136. The molecule has 1 aromatic rings. The number of carbonyl (C=O) groups is 1. The minimum Gasteiger partial charge on any atom is -0.489 e. The molecule has 0 heterocycles. The van der Waals surface area contributed by atoms with Crippen LogP contribution < -0.4 is 4.74 Å². The zero-order chi connectivity index (χ0) is 16.8. The molecule has 1 aliphatic rings. The van der Waals surface area contributed by atoms with Gasteiger partial charge in [-0.2, -0.15) is 0 Å². The molecule has 0 fully saturated rings. The van der Waals surface area contributed by atoms with E-state index < -0.39 is 5.97 Å². The predicted molar refractivity (Wildman–Crippen MR) is 93.2 cm³/mol. The number of allylic oxidation sites excluding steroid dienone is 1. The van der Waals surface area contributed by atoms with Crippen LogP contribution in [0.2, 0.25) is 5.02 Å². The maximum absolute atomic E-state index is 10.6. The highest BCUT2D eigenvalue weighted by atomic mass is 35.5. The van der Waals surface area contributed by atoms with E-state index >= 15 is 0 Å². The Labute approximate surface area is 143 Å². The number of ether oxygens (including phenoxy) is 1. The second-order valence-electron chi connectivity index (χ2n) is 6.59. The van der Waals surface area contributed by atoms with Crippen molar-refractivity contribution in [3.05, 3.63) is 39.9 Å². The maximum atomic E-state index is 10.6. The lowest BCUT2D eigenvalue weighted by Gasteiger charge is -2.12. The van der Waals surface area contributed by atoms with E-state index in [2.05, 4.69) is 13.8 Å². The van der Waals surface area contributed by atoms with Crippen LogP contribution in [0, 0.1) is 5.92 Å². The van der Waals surface area contributed by atoms with Crippen molar-refractivity contribution in [2.45, 2.75) is 52.4 Å². The third-order valence-electron chi connectivity index (χ3n) is 4.16. The number of halogens is 1. The molecule has 0 unspecified atom stereocenters. The summed E-state index contributed by atoms with van der Waals surface area (Å²) in [5.74, 6) is 0.616. The number of aliphatic carboxylic acids is 1. The van der Waals surface area contributed by atoms with Crippen molar-refractivity contribution in [3.8, 4) is 5.75 Å². The Bertz CT molecular complexity index is 590. The van der Waals surface area contributed by atoms with Gasteiger partial charge in [0, 0.05) is 11.4 Å². The van der Waals surface area contributed by atoms with Gasteiger partial charge in [0.05, 0.1) is 0 Å². The van der Waals surface area contributed by atoms with Gasteiger partial charge in [-0.3, -0.25) is 4.79 Å². The Morgan fingerprint density at radius 1 is 1.30 bits per heavy atom. The normalized spacial score (nSPS) is 14.6. The number of aryl methyl sites for hydroxylation is 1. The van der Waals surface area contributed by atoms with Gasteiger partial charge in [0.2, 0.25) is 0 Å². The van der Waals surface area contributed by atoms with Crippen molar-refractivity contribution in [2.75, 3.05) is 6.61 Å². The standard InChI is InChI=1S/C19H25ClO3/c1-13(2)10-15-4-3-5-16(15)12-23-17-8-6-14(18(20)11-17)7-9-19(21)22/h6,8,11,13H,3-5,7,9-10,12H2,1-2H3,(H,21,22). The molecule has 126 valence electrons. The first-order valence-electron chi connectivity index (χ1n) is 8.28. The van der Waals surface area contributed by atoms with E-state index in [1.165, 1.54) is 18.4 Å². The molecule has 23 heavy (non-hydrogen) atoms. The average molecular weight is 337 g/mol. The summed E-state index contributed by atoms with van der Waals surface area (Å²) >= 11 is 6.22. The predicted octanol–water partition coefficient (Wildman–Crippen LogP) is 5.26. The Morgan fingerprint density at radius 2 is 2.04 bits per heavy atom. The molecule has 0 atom stereocenters. The summed E-state index contributed by atoms with van der Waals surface area (Å²) in [5, 5.41) is 9.32. The molecule has 0 aliphatic heterocycles. The van der Waals surface area contributed by atoms with Crippen molar-refractivity contribution >= 4 is 17.6 Å². The highest BCUT2D eigenvalue weighted by Crippen LogP contribution is 2.31. The third kappa shape index (κ3) is 5.58. The molecule has 0 amide bonds. The van der Waals surface area contributed by atoms with Gasteiger partial charge >= 0.3 is 5.97 Å². The molecular formula is C19H25ClO3. The number of carboxylic acids is 1. The van der Waals surface area contributed by atoms with Crippen molar-refractivity contribution in [1.29, 1.82) is 0 Å². The minimum atomic E-state index is -0.813. The summed E-state index contributed by atoms with van der Waals surface area (Å²) in [7, 11) is 0. The van der Waals surface area contributed by atoms with Crippen LogP contribution in [0.15, 0.2) is 29.3 Å². The Morgan fingerprint density at radius 3 is 2.70 bits per heavy atom.